The molecular weight excluding hydrogens is 176 g/mol. The highest BCUT2D eigenvalue weighted by molar-refractivity contribution is 7.78. The zero-order chi connectivity index (χ0) is 9.35. The van der Waals surface area contributed by atoms with Gasteiger partial charge in [-0.3, -0.25) is 8.69 Å². The maximum Gasteiger partial charge on any atom is 0.166 e. The summed E-state index contributed by atoms with van der Waals surface area (Å²) < 4.78 is 21.5. The molecule has 0 aliphatic carbocycles. The molecule has 0 saturated heterocycles. The zero-order valence-corrected chi connectivity index (χ0v) is 8.37. The average Bonchev–Trinajstić information content (AvgIpc) is 2.16. The molecular formula is C7H14N2O2S. The number of rotatable bonds is 2. The molecule has 5 heteroatoms. The van der Waals surface area contributed by atoms with Crippen LogP contribution in [0, 0.1) is 0 Å². The third-order valence-corrected chi connectivity index (χ3v) is 3.24. The minimum atomic E-state index is -1.99. The summed E-state index contributed by atoms with van der Waals surface area (Å²) in [5, 5.41) is 0. The Morgan fingerprint density at radius 2 is 2.33 bits per heavy atom. The van der Waals surface area contributed by atoms with Crippen LogP contribution in [-0.4, -0.2) is 44.3 Å². The number of quaternary nitrogens is 1. The van der Waals surface area contributed by atoms with E-state index >= 15 is 0 Å². The van der Waals surface area contributed by atoms with E-state index in [1.807, 2.05) is 38.3 Å². The molecule has 0 aromatic heterocycles. The lowest BCUT2D eigenvalue weighted by Crippen LogP contribution is -2.49. The molecule has 1 rings (SSSR count). The van der Waals surface area contributed by atoms with Gasteiger partial charge < -0.3 is 9.45 Å². The van der Waals surface area contributed by atoms with E-state index in [1.54, 1.807) is 0 Å². The molecule has 0 radical (unpaired) electrons. The third-order valence-electron chi connectivity index (χ3n) is 2.47. The van der Waals surface area contributed by atoms with Crippen molar-refractivity contribution in [1.29, 1.82) is 0 Å². The molecule has 0 amide bonds. The maximum absolute atomic E-state index is 10.5. The summed E-state index contributed by atoms with van der Waals surface area (Å²) in [6, 6.07) is 0. The Balaban J connectivity index is 2.73. The molecule has 12 heavy (non-hydrogen) atoms. The summed E-state index contributed by atoms with van der Waals surface area (Å²) in [6.07, 6.45) is 4.01. The summed E-state index contributed by atoms with van der Waals surface area (Å²) in [5.41, 5.74) is 0. The second-order valence-corrected chi connectivity index (χ2v) is 4.24. The second-order valence-electron chi connectivity index (χ2n) is 3.38. The molecule has 3 unspecified atom stereocenters. The van der Waals surface area contributed by atoms with Gasteiger partial charge in [0.15, 0.2) is 6.17 Å². The van der Waals surface area contributed by atoms with Crippen LogP contribution < -0.4 is 0 Å². The molecule has 1 aliphatic heterocycles. The molecule has 0 aromatic rings. The van der Waals surface area contributed by atoms with Crippen molar-refractivity contribution in [3.8, 4) is 0 Å². The van der Waals surface area contributed by atoms with E-state index in [-0.39, 0.29) is 12.0 Å². The van der Waals surface area contributed by atoms with E-state index in [1.165, 1.54) is 0 Å². The van der Waals surface area contributed by atoms with Gasteiger partial charge >= 0.3 is 0 Å². The van der Waals surface area contributed by atoms with E-state index in [9.17, 15) is 8.76 Å². The lowest BCUT2D eigenvalue weighted by Gasteiger charge is -2.34. The van der Waals surface area contributed by atoms with Crippen LogP contribution >= 0.6 is 0 Å². The van der Waals surface area contributed by atoms with Gasteiger partial charge in [0.05, 0.1) is 13.2 Å². The van der Waals surface area contributed by atoms with Crippen molar-refractivity contribution in [2.45, 2.75) is 13.1 Å². The van der Waals surface area contributed by atoms with Crippen molar-refractivity contribution in [2.75, 3.05) is 20.0 Å². The largest absolute Gasteiger partial charge is 0.768 e. The SMILES string of the molecule is CC1N(C)C=C[N+]1(C)CS(=O)[O-]. The Morgan fingerprint density at radius 1 is 1.75 bits per heavy atom. The second kappa shape index (κ2) is 3.16. The van der Waals surface area contributed by atoms with Crippen molar-refractivity contribution in [3.05, 3.63) is 12.4 Å². The highest BCUT2D eigenvalue weighted by Crippen LogP contribution is 2.21. The molecule has 0 N–H and O–H groups in total. The molecule has 0 spiro atoms. The van der Waals surface area contributed by atoms with Gasteiger partial charge in [-0.15, -0.1) is 0 Å². The Bertz CT molecular complexity index is 231. The van der Waals surface area contributed by atoms with Gasteiger partial charge in [-0.1, -0.05) is 0 Å². The van der Waals surface area contributed by atoms with Crippen molar-refractivity contribution in [2.24, 2.45) is 0 Å². The summed E-state index contributed by atoms with van der Waals surface area (Å²) in [4.78, 5) is 2.01. The molecule has 70 valence electrons. The van der Waals surface area contributed by atoms with E-state index in [4.69, 9.17) is 0 Å². The van der Waals surface area contributed by atoms with Gasteiger partial charge in [-0.2, -0.15) is 0 Å². The highest BCUT2D eigenvalue weighted by Gasteiger charge is 2.34. The van der Waals surface area contributed by atoms with Gasteiger partial charge in [0.2, 0.25) is 0 Å². The van der Waals surface area contributed by atoms with Crippen molar-refractivity contribution in [3.63, 3.8) is 0 Å². The molecule has 0 bridgehead atoms. The Morgan fingerprint density at radius 3 is 2.67 bits per heavy atom. The Kier molecular flexibility index (Phi) is 2.55. The minimum absolute atomic E-state index is 0.141. The smallest absolute Gasteiger partial charge is 0.166 e. The number of nitrogens with zero attached hydrogens (tertiary/aromatic N) is 2. The molecule has 0 saturated carbocycles. The fourth-order valence-corrected chi connectivity index (χ4v) is 2.06. The van der Waals surface area contributed by atoms with E-state index in [0.29, 0.717) is 4.48 Å². The van der Waals surface area contributed by atoms with Gasteiger partial charge in [-0.05, 0) is 0 Å². The van der Waals surface area contributed by atoms with Crippen molar-refractivity contribution >= 4 is 11.1 Å². The highest BCUT2D eigenvalue weighted by atomic mass is 32.2. The first-order valence-corrected chi connectivity index (χ1v) is 5.02. The normalized spacial score (nSPS) is 37.3. The van der Waals surface area contributed by atoms with Crippen LogP contribution in [0.4, 0.5) is 0 Å². The summed E-state index contributed by atoms with van der Waals surface area (Å²) in [7, 11) is 3.85. The maximum atomic E-state index is 10.5. The first-order valence-electron chi connectivity index (χ1n) is 3.78. The molecule has 3 atom stereocenters. The van der Waals surface area contributed by atoms with Crippen LogP contribution in [0.25, 0.3) is 0 Å². The topological polar surface area (TPSA) is 43.4 Å². The van der Waals surface area contributed by atoms with Crippen LogP contribution in [0.1, 0.15) is 6.92 Å². The molecule has 0 aromatic carbocycles. The molecule has 1 heterocycles. The van der Waals surface area contributed by atoms with E-state index in [0.717, 1.165) is 0 Å². The summed E-state index contributed by atoms with van der Waals surface area (Å²) in [5.74, 6) is 0.141. The predicted octanol–water partition coefficient (Wildman–Crippen LogP) is 0.0322. The van der Waals surface area contributed by atoms with Crippen LogP contribution in [0.3, 0.4) is 0 Å². The quantitative estimate of drug-likeness (QED) is 0.456. The van der Waals surface area contributed by atoms with Gasteiger partial charge in [0, 0.05) is 25.1 Å². The predicted molar refractivity (Wildman–Crippen MR) is 46.3 cm³/mol. The van der Waals surface area contributed by atoms with Crippen molar-refractivity contribution in [1.82, 2.24) is 4.90 Å². The third kappa shape index (κ3) is 1.68. The standard InChI is InChI=1S/C7H14N2O2S/c1-7-8(2)4-5-9(7,3)6-12(10)11/h4-5,7H,6H2,1-3H3. The van der Waals surface area contributed by atoms with Crippen LogP contribution in [-0.2, 0) is 11.1 Å². The lowest BCUT2D eigenvalue weighted by atomic mass is 10.4. The monoisotopic (exact) mass is 190 g/mol. The van der Waals surface area contributed by atoms with Gasteiger partial charge in [-0.25, -0.2) is 0 Å². The van der Waals surface area contributed by atoms with E-state index in [2.05, 4.69) is 0 Å². The van der Waals surface area contributed by atoms with Crippen molar-refractivity contribution < 1.29 is 13.2 Å². The van der Waals surface area contributed by atoms with Gasteiger partial charge in [0.25, 0.3) is 0 Å². The van der Waals surface area contributed by atoms with Gasteiger partial charge in [0.1, 0.15) is 12.1 Å². The lowest BCUT2D eigenvalue weighted by molar-refractivity contribution is -0.874. The van der Waals surface area contributed by atoms with Crippen LogP contribution in [0.15, 0.2) is 12.4 Å². The average molecular weight is 190 g/mol. The number of hydrogen-bond acceptors (Lipinski definition) is 3. The zero-order valence-electron chi connectivity index (χ0n) is 7.56. The molecule has 0 fully saturated rings. The van der Waals surface area contributed by atoms with Crippen LogP contribution in [0.2, 0.25) is 0 Å². The first kappa shape index (κ1) is 9.70. The van der Waals surface area contributed by atoms with Crippen LogP contribution in [0.5, 0.6) is 0 Å². The summed E-state index contributed by atoms with van der Waals surface area (Å²) in [6.45, 7) is 2.01. The first-order chi connectivity index (χ1) is 5.46. The fourth-order valence-electron chi connectivity index (χ4n) is 1.30. The number of hydrogen-bond donors (Lipinski definition) is 0. The molecule has 1 aliphatic rings. The minimum Gasteiger partial charge on any atom is -0.768 e. The molecule has 4 nitrogen and oxygen atoms in total. The Hall–Kier alpha value is -0.390. The Labute approximate surface area is 75.3 Å². The fraction of sp³-hybridized carbons (Fsp3) is 0.714. The summed E-state index contributed by atoms with van der Waals surface area (Å²) >= 11 is -1.99. The van der Waals surface area contributed by atoms with E-state index < -0.39 is 11.1 Å².